The van der Waals surface area contributed by atoms with E-state index < -0.39 is 71.9 Å². The van der Waals surface area contributed by atoms with E-state index >= 15 is 0 Å². The van der Waals surface area contributed by atoms with Crippen LogP contribution >= 0.6 is 0 Å². The van der Waals surface area contributed by atoms with Crippen molar-refractivity contribution in [2.45, 2.75) is 24.9 Å². The zero-order valence-electron chi connectivity index (χ0n) is 37.5. The van der Waals surface area contributed by atoms with E-state index in [0.29, 0.717) is 25.9 Å². The van der Waals surface area contributed by atoms with Crippen molar-refractivity contribution >= 4 is 71.9 Å². The lowest BCUT2D eigenvalue weighted by Gasteiger charge is -2.41. The van der Waals surface area contributed by atoms with Gasteiger partial charge in [-0.1, -0.05) is 0 Å². The topological polar surface area (TPSA) is 225 Å². The lowest BCUT2D eigenvalue weighted by atomic mass is 10.4. The Hall–Kier alpha value is 0.735. The monoisotopic (exact) mass is 991 g/mol. The summed E-state index contributed by atoms with van der Waals surface area (Å²) in [6, 6.07) is 0.144. The van der Waals surface area contributed by atoms with Crippen molar-refractivity contribution < 1.29 is 104 Å². The lowest BCUT2D eigenvalue weighted by Crippen LogP contribution is -2.69. The highest BCUT2D eigenvalue weighted by Crippen LogP contribution is 2.34. The third-order valence-electron chi connectivity index (χ3n) is 8.23. The van der Waals surface area contributed by atoms with Gasteiger partial charge in [-0.15, -0.1) is 0 Å². The van der Waals surface area contributed by atoms with Crippen LogP contribution in [-0.2, 0) is 104 Å². The quantitative estimate of drug-likeness (QED) is 0.0738. The van der Waals surface area contributed by atoms with Crippen LogP contribution < -0.4 is 0 Å². The SMILES string of the molecule is CO[Si](OC)(OC)O[Si](CCCN(C)CCC[Si](O[Si](OC)(OC)OC)(O[Si](OC)(OC)OC)O[Si](OC)(OC)OC)(O[Si](OC)(OC)OC)O[Si](OC)(OC)OC. The van der Waals surface area contributed by atoms with Crippen LogP contribution in [0.25, 0.3) is 0 Å². The fraction of sp³-hybridized carbons (Fsp3) is 1.00. The van der Waals surface area contributed by atoms with Gasteiger partial charge in [0, 0.05) is 140 Å². The summed E-state index contributed by atoms with van der Waals surface area (Å²) in [5, 5.41) is 0. The summed E-state index contributed by atoms with van der Waals surface area (Å²) in [5.41, 5.74) is 0. The zero-order valence-corrected chi connectivity index (χ0v) is 45.5. The Morgan fingerprint density at radius 2 is 0.397 bits per heavy atom. The van der Waals surface area contributed by atoms with Crippen molar-refractivity contribution in [1.82, 2.24) is 4.90 Å². The molecule has 58 heavy (non-hydrogen) atoms. The molecule has 0 aromatic carbocycles. The Bertz CT molecular complexity index is 837. The van der Waals surface area contributed by atoms with Gasteiger partial charge in [-0.05, 0) is 33.0 Å². The standard InChI is InChI=1S/C25H69NO24Si8/c1-26(22-20-24-51(45-53(27-2,28-3)29-4,46-54(30-5,31-6)32-7)47-55(33-8,34-9)35-10)23-21-25-52(48-56(36-11,37-12)38-13,49-57(39-14,40-15)41-16)50-58(42-17,43-18)44-19/h20-25H2,1-19H3. The van der Waals surface area contributed by atoms with Crippen molar-refractivity contribution in [2.75, 3.05) is 148 Å². The third-order valence-corrected chi connectivity index (χ3v) is 32.6. The molecule has 0 spiro atoms. The highest BCUT2D eigenvalue weighted by Gasteiger charge is 2.67. The van der Waals surface area contributed by atoms with Crippen LogP contribution in [-0.4, -0.2) is 225 Å². The van der Waals surface area contributed by atoms with Gasteiger partial charge >= 0.3 is 71.9 Å². The minimum absolute atomic E-state index is 0.0722. The van der Waals surface area contributed by atoms with Crippen LogP contribution in [0.2, 0.25) is 12.1 Å². The summed E-state index contributed by atoms with van der Waals surface area (Å²) in [5.74, 6) is 0. The first-order valence-corrected chi connectivity index (χ1v) is 30.9. The predicted octanol–water partition coefficient (Wildman–Crippen LogP) is -0.0754. The zero-order chi connectivity index (χ0) is 44.8. The third kappa shape index (κ3) is 16.1. The van der Waals surface area contributed by atoms with Crippen LogP contribution in [0.15, 0.2) is 0 Å². The molecule has 25 nitrogen and oxygen atoms in total. The molecule has 0 amide bonds. The van der Waals surface area contributed by atoms with Crippen LogP contribution in [0.3, 0.4) is 0 Å². The van der Waals surface area contributed by atoms with Gasteiger partial charge in [0.1, 0.15) is 0 Å². The lowest BCUT2D eigenvalue weighted by molar-refractivity contribution is -0.0285. The molecule has 0 aliphatic heterocycles. The minimum Gasteiger partial charge on any atom is -0.355 e. The summed E-state index contributed by atoms with van der Waals surface area (Å²) in [7, 11) is -5.77. The molecule has 0 saturated heterocycles. The van der Waals surface area contributed by atoms with E-state index in [1.807, 2.05) is 11.9 Å². The first-order chi connectivity index (χ1) is 27.4. The van der Waals surface area contributed by atoms with E-state index in [9.17, 15) is 0 Å². The van der Waals surface area contributed by atoms with Gasteiger partial charge in [-0.2, -0.15) is 0 Å². The Labute approximate surface area is 353 Å². The second-order valence-electron chi connectivity index (χ2n) is 11.2. The molecule has 0 bridgehead atoms. The molecule has 0 fully saturated rings. The summed E-state index contributed by atoms with van der Waals surface area (Å²) in [6.45, 7) is 0.859. The molecule has 350 valence electrons. The second-order valence-corrected chi connectivity index (χ2v) is 33.1. The molecule has 0 aromatic heterocycles. The first-order valence-electron chi connectivity index (χ1n) is 17.3. The van der Waals surface area contributed by atoms with Crippen LogP contribution in [0.1, 0.15) is 12.8 Å². The summed E-state index contributed by atoms with van der Waals surface area (Å²) >= 11 is 0. The Morgan fingerprint density at radius 1 is 0.259 bits per heavy atom. The summed E-state index contributed by atoms with van der Waals surface area (Å²) in [4.78, 5) is 2.02. The molecule has 0 aliphatic rings. The van der Waals surface area contributed by atoms with Gasteiger partial charge in [-0.25, -0.2) is 0 Å². The molecular weight excluding hydrogens is 923 g/mol. The maximum absolute atomic E-state index is 6.54. The number of hydrogen-bond donors (Lipinski definition) is 0. The van der Waals surface area contributed by atoms with Crippen molar-refractivity contribution in [2.24, 2.45) is 0 Å². The van der Waals surface area contributed by atoms with Gasteiger partial charge in [0.25, 0.3) is 0 Å². The van der Waals surface area contributed by atoms with Crippen molar-refractivity contribution in [3.8, 4) is 0 Å². The molecule has 0 unspecified atom stereocenters. The largest absolute Gasteiger partial charge is 0.671 e. The van der Waals surface area contributed by atoms with Crippen LogP contribution in [0.5, 0.6) is 0 Å². The Kier molecular flexibility index (Phi) is 28.2. The summed E-state index contributed by atoms with van der Waals surface area (Å²) in [6.07, 6.45) is 0.736. The second kappa shape index (κ2) is 27.8. The molecule has 0 heterocycles. The van der Waals surface area contributed by atoms with Gasteiger partial charge in [0.05, 0.1) is 0 Å². The molecule has 0 radical (unpaired) electrons. The molecule has 0 aliphatic carbocycles. The molecule has 0 atom stereocenters. The molecule has 33 heteroatoms. The van der Waals surface area contributed by atoms with E-state index in [0.717, 1.165) is 0 Å². The predicted molar refractivity (Wildman–Crippen MR) is 215 cm³/mol. The van der Waals surface area contributed by atoms with E-state index in [4.69, 9.17) is 104 Å². The Morgan fingerprint density at radius 3 is 0.517 bits per heavy atom. The highest BCUT2D eigenvalue weighted by atomic mass is 28.5. The molecule has 0 rings (SSSR count). The van der Waals surface area contributed by atoms with Crippen molar-refractivity contribution in [3.05, 3.63) is 0 Å². The van der Waals surface area contributed by atoms with Gasteiger partial charge in [-0.3, -0.25) is 0 Å². The van der Waals surface area contributed by atoms with Crippen LogP contribution in [0.4, 0.5) is 0 Å². The minimum atomic E-state index is -4.27. The van der Waals surface area contributed by atoms with E-state index in [1.54, 1.807) is 0 Å². The maximum atomic E-state index is 6.54. The summed E-state index contributed by atoms with van der Waals surface area (Å²) < 4.78 is 141. The van der Waals surface area contributed by atoms with Crippen molar-refractivity contribution in [1.29, 1.82) is 0 Å². The normalized spacial score (nSPS) is 14.3. The molecular formula is C25H69NO24Si8. The molecule has 0 aromatic rings. The fourth-order valence-electron chi connectivity index (χ4n) is 5.07. The number of nitrogens with zero attached hydrogens (tertiary/aromatic N) is 1. The average Bonchev–Trinajstić information content (AvgIpc) is 3.27. The van der Waals surface area contributed by atoms with Crippen molar-refractivity contribution in [3.63, 3.8) is 0 Å². The van der Waals surface area contributed by atoms with Gasteiger partial charge in [0.15, 0.2) is 0 Å². The number of rotatable bonds is 38. The van der Waals surface area contributed by atoms with E-state index in [1.165, 1.54) is 128 Å². The maximum Gasteiger partial charge on any atom is 0.671 e. The smallest absolute Gasteiger partial charge is 0.355 e. The highest BCUT2D eigenvalue weighted by molar-refractivity contribution is 6.83. The molecule has 0 saturated carbocycles. The van der Waals surface area contributed by atoms with Crippen LogP contribution in [0, 0.1) is 0 Å². The van der Waals surface area contributed by atoms with E-state index in [2.05, 4.69) is 0 Å². The average molecular weight is 992 g/mol. The Balaban J connectivity index is 7.02. The van der Waals surface area contributed by atoms with Gasteiger partial charge < -0.3 is 109 Å². The first kappa shape index (κ1) is 58.7. The molecule has 0 N–H and O–H groups in total. The number of hydrogen-bond acceptors (Lipinski definition) is 25. The van der Waals surface area contributed by atoms with Gasteiger partial charge in [0.2, 0.25) is 0 Å². The fourth-order valence-corrected chi connectivity index (χ4v) is 30.1. The van der Waals surface area contributed by atoms with E-state index in [-0.39, 0.29) is 12.1 Å².